The Morgan fingerprint density at radius 1 is 1.03 bits per heavy atom. The summed E-state index contributed by atoms with van der Waals surface area (Å²) < 4.78 is 5.82. The number of para-hydroxylation sites is 2. The van der Waals surface area contributed by atoms with Crippen molar-refractivity contribution in [1.29, 1.82) is 0 Å². The van der Waals surface area contributed by atoms with Gasteiger partial charge in [0.2, 0.25) is 5.75 Å². The number of rotatable bonds is 6. The lowest BCUT2D eigenvalue weighted by atomic mass is 10.2. The molecule has 0 spiro atoms. The summed E-state index contributed by atoms with van der Waals surface area (Å²) in [6.45, 7) is 0. The average Bonchev–Trinajstić information content (AvgIpc) is 3.24. The number of nitrogens with one attached hydrogen (secondary N) is 2. The molecule has 0 aliphatic rings. The zero-order valence-corrected chi connectivity index (χ0v) is 17.1. The molecular weight excluding hydrogens is 434 g/mol. The molecule has 0 unspecified atom stereocenters. The third-order valence-corrected chi connectivity index (χ3v) is 5.25. The molecule has 0 saturated heterocycles. The summed E-state index contributed by atoms with van der Waals surface area (Å²) >= 11 is 1.13. The number of nitrogens with zero attached hydrogens (tertiary/aromatic N) is 1. The first-order chi connectivity index (χ1) is 15.4. The number of aromatic amines is 1. The SMILES string of the molecule is O=C(Nc1ccsc1-c1nc(C(=O)O)c(O)c(=O)[nH]1)c1ccccc1Oc1ccccc1. The summed E-state index contributed by atoms with van der Waals surface area (Å²) in [5.41, 5.74) is -1.21. The summed E-state index contributed by atoms with van der Waals surface area (Å²) in [7, 11) is 0. The molecule has 2 heterocycles. The standard InChI is InChI=1S/C22H15N3O6S/c26-17-16(22(29)30)24-19(25-21(17)28)18-14(10-11-32-18)23-20(27)13-8-4-5-9-15(13)31-12-6-2-1-3-7-12/h1-11,26H,(H,23,27)(H,29,30)(H,24,25,28). The van der Waals surface area contributed by atoms with E-state index in [1.165, 1.54) is 0 Å². The molecule has 10 heteroatoms. The van der Waals surface area contributed by atoms with Crippen molar-refractivity contribution in [2.24, 2.45) is 0 Å². The molecule has 0 radical (unpaired) electrons. The van der Waals surface area contributed by atoms with Gasteiger partial charge in [-0.15, -0.1) is 11.3 Å². The number of hydrogen-bond donors (Lipinski definition) is 4. The Bertz CT molecular complexity index is 1360. The van der Waals surface area contributed by atoms with Crippen molar-refractivity contribution in [3.8, 4) is 28.0 Å². The largest absolute Gasteiger partial charge is 0.501 e. The Morgan fingerprint density at radius 2 is 1.75 bits per heavy atom. The third kappa shape index (κ3) is 4.20. The number of carbonyl (C=O) groups excluding carboxylic acids is 1. The Labute approximate surface area is 184 Å². The van der Waals surface area contributed by atoms with Crippen LogP contribution in [0.2, 0.25) is 0 Å². The number of aromatic nitrogens is 2. The third-order valence-electron chi connectivity index (χ3n) is 4.33. The van der Waals surface area contributed by atoms with E-state index in [9.17, 15) is 24.6 Å². The van der Waals surface area contributed by atoms with Crippen LogP contribution in [-0.4, -0.2) is 32.1 Å². The van der Waals surface area contributed by atoms with Crippen molar-refractivity contribution < 1.29 is 24.5 Å². The van der Waals surface area contributed by atoms with E-state index in [0.717, 1.165) is 11.3 Å². The van der Waals surface area contributed by atoms with E-state index >= 15 is 0 Å². The molecule has 0 aliphatic heterocycles. The first kappa shape index (κ1) is 20.8. The molecule has 4 aromatic rings. The fourth-order valence-corrected chi connectivity index (χ4v) is 3.66. The number of thiophene rings is 1. The van der Waals surface area contributed by atoms with Crippen LogP contribution in [0.15, 0.2) is 70.8 Å². The highest BCUT2D eigenvalue weighted by molar-refractivity contribution is 7.14. The molecular formula is C22H15N3O6S. The topological polar surface area (TPSA) is 142 Å². The van der Waals surface area contributed by atoms with Gasteiger partial charge in [0.15, 0.2) is 11.5 Å². The van der Waals surface area contributed by atoms with E-state index in [1.807, 2.05) is 18.2 Å². The van der Waals surface area contributed by atoms with Gasteiger partial charge in [0.1, 0.15) is 11.5 Å². The van der Waals surface area contributed by atoms with E-state index in [4.69, 9.17) is 4.74 Å². The number of anilines is 1. The second-order valence-corrected chi connectivity index (χ2v) is 7.36. The van der Waals surface area contributed by atoms with Crippen LogP contribution in [0.1, 0.15) is 20.8 Å². The maximum absolute atomic E-state index is 13.0. The van der Waals surface area contributed by atoms with E-state index in [1.54, 1.807) is 47.8 Å². The van der Waals surface area contributed by atoms with Gasteiger partial charge in [-0.05, 0) is 35.7 Å². The predicted octanol–water partition coefficient (Wildman–Crippen LogP) is 3.95. The smallest absolute Gasteiger partial charge is 0.358 e. The van der Waals surface area contributed by atoms with Gasteiger partial charge < -0.3 is 25.3 Å². The maximum Gasteiger partial charge on any atom is 0.358 e. The normalized spacial score (nSPS) is 10.5. The van der Waals surface area contributed by atoms with Crippen molar-refractivity contribution in [2.75, 3.05) is 5.32 Å². The number of aromatic hydroxyl groups is 1. The molecule has 4 N–H and O–H groups in total. The molecule has 2 aromatic heterocycles. The van der Waals surface area contributed by atoms with Gasteiger partial charge in [0, 0.05) is 0 Å². The minimum Gasteiger partial charge on any atom is -0.501 e. The fourth-order valence-electron chi connectivity index (χ4n) is 2.86. The summed E-state index contributed by atoms with van der Waals surface area (Å²) in [6.07, 6.45) is 0. The molecule has 2 aromatic carbocycles. The first-order valence-electron chi connectivity index (χ1n) is 9.21. The van der Waals surface area contributed by atoms with Crippen molar-refractivity contribution in [3.63, 3.8) is 0 Å². The van der Waals surface area contributed by atoms with Crippen LogP contribution in [0.4, 0.5) is 5.69 Å². The molecule has 32 heavy (non-hydrogen) atoms. The molecule has 0 fully saturated rings. The summed E-state index contributed by atoms with van der Waals surface area (Å²) in [5.74, 6) is -2.20. The van der Waals surface area contributed by atoms with Crippen LogP contribution < -0.4 is 15.6 Å². The number of amides is 1. The second kappa shape index (κ2) is 8.74. The van der Waals surface area contributed by atoms with Gasteiger partial charge in [-0.1, -0.05) is 30.3 Å². The molecule has 160 valence electrons. The second-order valence-electron chi connectivity index (χ2n) is 6.45. The number of carboxylic acids is 1. The number of benzene rings is 2. The minimum atomic E-state index is -1.55. The Balaban J connectivity index is 1.65. The number of ether oxygens (including phenoxy) is 1. The highest BCUT2D eigenvalue weighted by Gasteiger charge is 2.21. The number of H-pyrrole nitrogens is 1. The lowest BCUT2D eigenvalue weighted by molar-refractivity contribution is 0.0686. The zero-order chi connectivity index (χ0) is 22.7. The van der Waals surface area contributed by atoms with Gasteiger partial charge in [-0.3, -0.25) is 9.59 Å². The Kier molecular flexibility index (Phi) is 5.69. The van der Waals surface area contributed by atoms with Crippen LogP contribution >= 0.6 is 11.3 Å². The molecule has 0 atom stereocenters. The van der Waals surface area contributed by atoms with Crippen LogP contribution in [0.25, 0.3) is 10.7 Å². The van der Waals surface area contributed by atoms with Gasteiger partial charge in [-0.25, -0.2) is 9.78 Å². The molecule has 4 rings (SSSR count). The number of hydrogen-bond acceptors (Lipinski definition) is 7. The van der Waals surface area contributed by atoms with E-state index in [2.05, 4.69) is 15.3 Å². The van der Waals surface area contributed by atoms with Gasteiger partial charge >= 0.3 is 5.97 Å². The van der Waals surface area contributed by atoms with Crippen LogP contribution in [0, 0.1) is 0 Å². The number of carboxylic acid groups (broad SMARTS) is 1. The van der Waals surface area contributed by atoms with Gasteiger partial charge in [-0.2, -0.15) is 0 Å². The van der Waals surface area contributed by atoms with Crippen molar-refractivity contribution >= 4 is 28.9 Å². The Morgan fingerprint density at radius 3 is 2.50 bits per heavy atom. The van der Waals surface area contributed by atoms with E-state index in [0.29, 0.717) is 22.1 Å². The first-order valence-corrected chi connectivity index (χ1v) is 10.1. The maximum atomic E-state index is 13.0. The quantitative estimate of drug-likeness (QED) is 0.349. The average molecular weight is 449 g/mol. The molecule has 9 nitrogen and oxygen atoms in total. The molecule has 1 amide bonds. The molecule has 0 aliphatic carbocycles. The minimum absolute atomic E-state index is 0.0932. The summed E-state index contributed by atoms with van der Waals surface area (Å²) in [5, 5.41) is 23.2. The molecule has 0 saturated carbocycles. The summed E-state index contributed by atoms with van der Waals surface area (Å²) in [4.78, 5) is 42.7. The highest BCUT2D eigenvalue weighted by atomic mass is 32.1. The zero-order valence-electron chi connectivity index (χ0n) is 16.2. The van der Waals surface area contributed by atoms with Crippen LogP contribution in [-0.2, 0) is 0 Å². The van der Waals surface area contributed by atoms with Crippen molar-refractivity contribution in [1.82, 2.24) is 9.97 Å². The van der Waals surface area contributed by atoms with E-state index < -0.39 is 28.9 Å². The van der Waals surface area contributed by atoms with Crippen molar-refractivity contribution in [2.45, 2.75) is 0 Å². The van der Waals surface area contributed by atoms with E-state index in [-0.39, 0.29) is 11.4 Å². The molecule has 0 bridgehead atoms. The van der Waals surface area contributed by atoms with Gasteiger partial charge in [0.05, 0.1) is 16.1 Å². The van der Waals surface area contributed by atoms with Crippen LogP contribution in [0.3, 0.4) is 0 Å². The van der Waals surface area contributed by atoms with Crippen molar-refractivity contribution in [3.05, 3.63) is 87.7 Å². The summed E-state index contributed by atoms with van der Waals surface area (Å²) in [6, 6.07) is 17.3. The highest BCUT2D eigenvalue weighted by Crippen LogP contribution is 2.33. The Hall–Kier alpha value is -4.44. The van der Waals surface area contributed by atoms with Crippen LogP contribution in [0.5, 0.6) is 17.2 Å². The number of carbonyl (C=O) groups is 2. The lowest BCUT2D eigenvalue weighted by Gasteiger charge is -2.12. The lowest BCUT2D eigenvalue weighted by Crippen LogP contribution is -2.16. The number of aromatic carboxylic acids is 1. The van der Waals surface area contributed by atoms with Gasteiger partial charge in [0.25, 0.3) is 11.5 Å². The monoisotopic (exact) mass is 449 g/mol. The fraction of sp³-hybridized carbons (Fsp3) is 0. The predicted molar refractivity (Wildman–Crippen MR) is 118 cm³/mol.